The van der Waals surface area contributed by atoms with Crippen LogP contribution in [0.25, 0.3) is 0 Å². The lowest BCUT2D eigenvalue weighted by atomic mass is 9.86. The second kappa shape index (κ2) is 10.8. The fourth-order valence-corrected chi connectivity index (χ4v) is 3.61. The Balaban J connectivity index is 2.84. The Morgan fingerprint density at radius 2 is 1.64 bits per heavy atom. The summed E-state index contributed by atoms with van der Waals surface area (Å²) in [5.74, 6) is -2.59. The summed E-state index contributed by atoms with van der Waals surface area (Å²) >= 11 is 4.30. The topological polar surface area (TPSA) is 136 Å². The number of nitrogens with one attached hydrogen (secondary N) is 2. The first-order valence-electron chi connectivity index (χ1n) is 11.0. The summed E-state index contributed by atoms with van der Waals surface area (Å²) in [6.45, 7) is 12.2. The number of carbonyl (C=O) groups is 5. The van der Waals surface area contributed by atoms with E-state index in [4.69, 9.17) is 0 Å². The Labute approximate surface area is 201 Å². The number of likely N-dealkylation sites (N-methyl/N-ethyl adjacent to an activating group) is 1. The molecule has 1 aliphatic rings. The van der Waals surface area contributed by atoms with Crippen molar-refractivity contribution >= 4 is 42.4 Å². The first kappa shape index (κ1) is 28.7. The van der Waals surface area contributed by atoms with E-state index in [1.807, 2.05) is 13.8 Å². The summed E-state index contributed by atoms with van der Waals surface area (Å²) in [6, 6.07) is -2.52. The molecule has 0 bridgehead atoms. The van der Waals surface area contributed by atoms with Crippen LogP contribution in [-0.4, -0.2) is 81.1 Å². The third kappa shape index (κ3) is 7.09. The van der Waals surface area contributed by atoms with E-state index in [1.54, 1.807) is 41.7 Å². The van der Waals surface area contributed by atoms with E-state index < -0.39 is 52.1 Å². The van der Waals surface area contributed by atoms with Gasteiger partial charge in [-0.2, -0.15) is 12.6 Å². The van der Waals surface area contributed by atoms with Gasteiger partial charge in [-0.15, -0.1) is 0 Å². The number of rotatable bonds is 10. The fraction of sp³-hybridized carbons (Fsp3) is 0.773. The van der Waals surface area contributed by atoms with Crippen molar-refractivity contribution in [1.29, 1.82) is 0 Å². The lowest BCUT2D eigenvalue weighted by Gasteiger charge is -2.30. The van der Waals surface area contributed by atoms with Crippen molar-refractivity contribution in [3.63, 3.8) is 0 Å². The number of carboxylic acids is 1. The molecule has 0 aromatic heterocycles. The van der Waals surface area contributed by atoms with Crippen LogP contribution < -0.4 is 10.6 Å². The van der Waals surface area contributed by atoms with Gasteiger partial charge in [0.15, 0.2) is 0 Å². The smallest absolute Gasteiger partial charge is 0.327 e. The number of aliphatic carboxylic acids is 1. The second-order valence-electron chi connectivity index (χ2n) is 10.5. The highest BCUT2D eigenvalue weighted by Crippen LogP contribution is 2.26. The summed E-state index contributed by atoms with van der Waals surface area (Å²) in [5, 5.41) is 13.8. The zero-order valence-corrected chi connectivity index (χ0v) is 21.7. The van der Waals surface area contributed by atoms with Gasteiger partial charge >= 0.3 is 12.0 Å². The van der Waals surface area contributed by atoms with Gasteiger partial charge in [-0.25, -0.2) is 9.59 Å². The maximum absolute atomic E-state index is 12.8. The van der Waals surface area contributed by atoms with Crippen LogP contribution in [0.5, 0.6) is 0 Å². The predicted octanol–water partition coefficient (Wildman–Crippen LogP) is 1.49. The second-order valence-corrected chi connectivity index (χ2v) is 11.1. The molecule has 0 unspecified atom stereocenters. The molecule has 188 valence electrons. The molecule has 1 fully saturated rings. The Hall–Kier alpha value is -2.30. The molecule has 33 heavy (non-hydrogen) atoms. The molecule has 0 saturated carbocycles. The van der Waals surface area contributed by atoms with Gasteiger partial charge in [-0.3, -0.25) is 19.3 Å². The highest BCUT2D eigenvalue weighted by Gasteiger charge is 2.49. The van der Waals surface area contributed by atoms with Gasteiger partial charge in [0.2, 0.25) is 11.8 Å². The number of hydrogen-bond donors (Lipinski definition) is 4. The molecule has 0 radical (unpaired) electrons. The van der Waals surface area contributed by atoms with Crippen molar-refractivity contribution in [2.45, 2.75) is 84.2 Å². The van der Waals surface area contributed by atoms with Gasteiger partial charge in [-0.1, -0.05) is 34.6 Å². The molecule has 3 atom stereocenters. The number of nitrogens with zero attached hydrogens (tertiary/aromatic N) is 2. The molecule has 0 aromatic carbocycles. The standard InChI is InChI=1S/C22H38N4O6S/c1-12(2)11-13(16(27)24-15(18(29)30)21(3,4)5)23-17(28)14(33)9-10-26-19(31)22(6,7)25(8)20(26)32/h12-15,33H,9-11H2,1-8H3,(H,23,28)(H,24,27)(H,29,30)/t13-,14-,15+/m0/s1. The van der Waals surface area contributed by atoms with Crippen LogP contribution in [0, 0.1) is 11.3 Å². The number of urea groups is 1. The van der Waals surface area contributed by atoms with Crippen molar-refractivity contribution < 1.29 is 29.1 Å². The summed E-state index contributed by atoms with van der Waals surface area (Å²) in [4.78, 5) is 64.5. The lowest BCUT2D eigenvalue weighted by Crippen LogP contribution is -2.56. The van der Waals surface area contributed by atoms with Crippen molar-refractivity contribution in [3.05, 3.63) is 0 Å². The molecule has 5 amide bonds. The van der Waals surface area contributed by atoms with E-state index in [9.17, 15) is 29.1 Å². The highest BCUT2D eigenvalue weighted by atomic mass is 32.1. The molecule has 1 aliphatic heterocycles. The van der Waals surface area contributed by atoms with Crippen LogP contribution in [0.2, 0.25) is 0 Å². The van der Waals surface area contributed by atoms with Crippen LogP contribution in [0.3, 0.4) is 0 Å². The van der Waals surface area contributed by atoms with Gasteiger partial charge in [0.05, 0.1) is 5.25 Å². The summed E-state index contributed by atoms with van der Waals surface area (Å²) < 4.78 is 0. The fourth-order valence-electron chi connectivity index (χ4n) is 3.42. The average Bonchev–Trinajstić information content (AvgIpc) is 2.81. The molecule has 10 nitrogen and oxygen atoms in total. The number of hydrogen-bond acceptors (Lipinski definition) is 6. The average molecular weight is 487 g/mol. The lowest BCUT2D eigenvalue weighted by molar-refractivity contribution is -0.145. The van der Waals surface area contributed by atoms with Gasteiger partial charge in [-0.05, 0) is 38.0 Å². The minimum Gasteiger partial charge on any atom is -0.480 e. The minimum absolute atomic E-state index is 0.0131. The summed E-state index contributed by atoms with van der Waals surface area (Å²) in [6.07, 6.45) is 0.405. The molecule has 0 aromatic rings. The van der Waals surface area contributed by atoms with Crippen LogP contribution in [0.15, 0.2) is 0 Å². The van der Waals surface area contributed by atoms with Crippen LogP contribution >= 0.6 is 12.6 Å². The van der Waals surface area contributed by atoms with Crippen molar-refractivity contribution in [2.75, 3.05) is 13.6 Å². The van der Waals surface area contributed by atoms with Gasteiger partial charge in [0.25, 0.3) is 5.91 Å². The molecule has 11 heteroatoms. The Kier molecular flexibility index (Phi) is 9.36. The van der Waals surface area contributed by atoms with Crippen molar-refractivity contribution in [3.8, 4) is 0 Å². The predicted molar refractivity (Wildman–Crippen MR) is 127 cm³/mol. The molecule has 1 rings (SSSR count). The maximum atomic E-state index is 12.8. The highest BCUT2D eigenvalue weighted by molar-refractivity contribution is 7.81. The minimum atomic E-state index is -1.16. The van der Waals surface area contributed by atoms with Gasteiger partial charge in [0, 0.05) is 13.6 Å². The van der Waals surface area contributed by atoms with E-state index in [0.717, 1.165) is 4.90 Å². The molecule has 0 aliphatic carbocycles. The molecule has 1 heterocycles. The third-order valence-corrected chi connectivity index (χ3v) is 6.29. The normalized spacial score (nSPS) is 18.8. The molecular weight excluding hydrogens is 448 g/mol. The zero-order chi connectivity index (χ0) is 25.9. The van der Waals surface area contributed by atoms with Crippen LogP contribution in [0.1, 0.15) is 61.3 Å². The molecular formula is C22H38N4O6S. The Morgan fingerprint density at radius 1 is 1.09 bits per heavy atom. The van der Waals surface area contributed by atoms with E-state index in [1.165, 1.54) is 4.90 Å². The van der Waals surface area contributed by atoms with E-state index in [-0.39, 0.29) is 24.8 Å². The molecule has 0 spiro atoms. The number of carboxylic acid groups (broad SMARTS) is 1. The SMILES string of the molecule is CC(C)C[C@H](NC(=O)[C@@H](S)CCN1C(=O)N(C)C(C)(C)C1=O)C(=O)N[C@H](C(=O)O)C(C)(C)C. The van der Waals surface area contributed by atoms with E-state index >= 15 is 0 Å². The number of carbonyl (C=O) groups excluding carboxylic acids is 4. The van der Waals surface area contributed by atoms with Crippen LogP contribution in [-0.2, 0) is 19.2 Å². The Morgan fingerprint density at radius 3 is 2.03 bits per heavy atom. The van der Waals surface area contributed by atoms with Crippen LogP contribution in [0.4, 0.5) is 4.79 Å². The number of imide groups is 1. The largest absolute Gasteiger partial charge is 0.480 e. The Bertz CT molecular complexity index is 792. The number of thiol groups is 1. The summed E-state index contributed by atoms with van der Waals surface area (Å²) in [5.41, 5.74) is -1.69. The summed E-state index contributed by atoms with van der Waals surface area (Å²) in [7, 11) is 1.54. The first-order chi connectivity index (χ1) is 14.9. The monoisotopic (exact) mass is 486 g/mol. The van der Waals surface area contributed by atoms with Gasteiger partial charge in [0.1, 0.15) is 17.6 Å². The quantitative estimate of drug-likeness (QED) is 0.273. The molecule has 3 N–H and O–H groups in total. The number of amides is 5. The first-order valence-corrected chi connectivity index (χ1v) is 11.5. The molecule has 1 saturated heterocycles. The van der Waals surface area contributed by atoms with Gasteiger partial charge < -0.3 is 20.6 Å². The third-order valence-electron chi connectivity index (χ3n) is 5.79. The zero-order valence-electron chi connectivity index (χ0n) is 20.8. The van der Waals surface area contributed by atoms with E-state index in [0.29, 0.717) is 6.42 Å². The maximum Gasteiger partial charge on any atom is 0.327 e. The van der Waals surface area contributed by atoms with Crippen molar-refractivity contribution in [1.82, 2.24) is 20.4 Å². The van der Waals surface area contributed by atoms with Crippen molar-refractivity contribution in [2.24, 2.45) is 11.3 Å². The van der Waals surface area contributed by atoms with E-state index in [2.05, 4.69) is 23.3 Å².